The Bertz CT molecular complexity index is 3800. The second kappa shape index (κ2) is 16.5. The van der Waals surface area contributed by atoms with E-state index in [1.807, 2.05) is 12.1 Å². The summed E-state index contributed by atoms with van der Waals surface area (Å²) >= 11 is 0. The molecule has 0 unspecified atom stereocenters. The van der Waals surface area contributed by atoms with Crippen LogP contribution in [0.25, 0.3) is 110 Å². The minimum absolute atomic E-state index is 0.856. The lowest BCUT2D eigenvalue weighted by Gasteiger charge is -2.26. The SMILES string of the molecule is c1ccc(-c2ccc(-c3ccc(N(c4ccc(-c5cc6ccccc6c6ccccc56)cc4)c4ccc(-c5cc6ccccc6c6ccccc56)cc4)cc3)cc2-c2cc3ccccc3o2)cc1. The van der Waals surface area contributed by atoms with Crippen LogP contribution in [0.2, 0.25) is 0 Å². The molecule has 0 spiro atoms. The van der Waals surface area contributed by atoms with E-state index in [4.69, 9.17) is 4.42 Å². The Labute approximate surface area is 395 Å². The van der Waals surface area contributed by atoms with Crippen molar-refractivity contribution in [2.75, 3.05) is 4.90 Å². The first-order valence-corrected chi connectivity index (χ1v) is 23.3. The van der Waals surface area contributed by atoms with Gasteiger partial charge in [0.25, 0.3) is 0 Å². The Morgan fingerprint density at radius 1 is 0.235 bits per heavy atom. The number of para-hydroxylation sites is 1. The predicted molar refractivity (Wildman–Crippen MR) is 288 cm³/mol. The van der Waals surface area contributed by atoms with Crippen LogP contribution in [0.5, 0.6) is 0 Å². The highest BCUT2D eigenvalue weighted by Crippen LogP contribution is 2.43. The fraction of sp³-hybridized carbons (Fsp3) is 0. The average Bonchev–Trinajstić information content (AvgIpc) is 3.86. The molecular weight excluding hydrogens is 823 g/mol. The number of hydrogen-bond donors (Lipinski definition) is 0. The second-order valence-electron chi connectivity index (χ2n) is 17.6. The van der Waals surface area contributed by atoms with E-state index in [2.05, 4.69) is 254 Å². The number of benzene rings is 12. The van der Waals surface area contributed by atoms with Crippen molar-refractivity contribution >= 4 is 71.1 Å². The lowest BCUT2D eigenvalue weighted by atomic mass is 9.93. The van der Waals surface area contributed by atoms with Gasteiger partial charge in [0.05, 0.1) is 0 Å². The molecular formula is C66H43NO. The summed E-state index contributed by atoms with van der Waals surface area (Å²) < 4.78 is 6.50. The van der Waals surface area contributed by atoms with Crippen LogP contribution in [0, 0.1) is 0 Å². The molecule has 0 saturated heterocycles. The number of fused-ring (bicyclic) bond motifs is 7. The Hall–Kier alpha value is -8.98. The number of hydrogen-bond acceptors (Lipinski definition) is 2. The zero-order valence-corrected chi connectivity index (χ0v) is 37.2. The van der Waals surface area contributed by atoms with Crippen LogP contribution >= 0.6 is 0 Å². The minimum atomic E-state index is 0.856. The highest BCUT2D eigenvalue weighted by atomic mass is 16.3. The highest BCUT2D eigenvalue weighted by molar-refractivity contribution is 6.15. The van der Waals surface area contributed by atoms with E-state index in [1.165, 1.54) is 65.3 Å². The van der Waals surface area contributed by atoms with Gasteiger partial charge in [-0.05, 0) is 154 Å². The summed E-state index contributed by atoms with van der Waals surface area (Å²) in [6.45, 7) is 0. The molecule has 13 rings (SSSR count). The van der Waals surface area contributed by atoms with Crippen molar-refractivity contribution in [3.05, 3.63) is 261 Å². The van der Waals surface area contributed by atoms with Crippen molar-refractivity contribution in [3.8, 4) is 55.8 Å². The zero-order chi connectivity index (χ0) is 45.0. The van der Waals surface area contributed by atoms with Crippen molar-refractivity contribution < 1.29 is 4.42 Å². The third-order valence-corrected chi connectivity index (χ3v) is 13.7. The molecule has 12 aromatic carbocycles. The molecule has 0 aliphatic carbocycles. The van der Waals surface area contributed by atoms with E-state index < -0.39 is 0 Å². The maximum atomic E-state index is 6.50. The van der Waals surface area contributed by atoms with Crippen molar-refractivity contribution in [1.82, 2.24) is 0 Å². The van der Waals surface area contributed by atoms with Gasteiger partial charge in [-0.3, -0.25) is 0 Å². The monoisotopic (exact) mass is 865 g/mol. The molecule has 68 heavy (non-hydrogen) atoms. The van der Waals surface area contributed by atoms with Crippen LogP contribution in [0.3, 0.4) is 0 Å². The lowest BCUT2D eigenvalue weighted by Crippen LogP contribution is -2.09. The van der Waals surface area contributed by atoms with Gasteiger partial charge in [0.15, 0.2) is 0 Å². The standard InChI is InChI=1S/C66H43NO/c1-2-14-45(15-3-1)57-39-32-48(40-64(57)66-43-51-18-6-13-25-65(51)68-66)44-26-33-52(34-27-44)67(53-35-28-46(29-36-53)62-41-49-16-4-7-19-55(49)58-21-9-11-23-60(58)62)54-37-30-47(31-38-54)63-42-50-17-5-8-20-56(50)59-22-10-12-24-61(59)63/h1-43H. The summed E-state index contributed by atoms with van der Waals surface area (Å²) in [6, 6.07) is 94.4. The molecule has 0 aliphatic rings. The van der Waals surface area contributed by atoms with Gasteiger partial charge in [-0.15, -0.1) is 0 Å². The van der Waals surface area contributed by atoms with Crippen molar-refractivity contribution in [3.63, 3.8) is 0 Å². The molecule has 13 aromatic rings. The zero-order valence-electron chi connectivity index (χ0n) is 37.2. The average molecular weight is 866 g/mol. The molecule has 2 heteroatoms. The van der Waals surface area contributed by atoms with Gasteiger partial charge in [-0.1, -0.05) is 194 Å². The summed E-state index contributed by atoms with van der Waals surface area (Å²) in [7, 11) is 0. The molecule has 318 valence electrons. The predicted octanol–water partition coefficient (Wildman–Crippen LogP) is 18.9. The molecule has 0 amide bonds. The molecule has 2 nitrogen and oxygen atoms in total. The molecule has 0 radical (unpaired) electrons. The van der Waals surface area contributed by atoms with Gasteiger partial charge < -0.3 is 9.32 Å². The van der Waals surface area contributed by atoms with Gasteiger partial charge in [0.1, 0.15) is 11.3 Å². The number of nitrogens with zero attached hydrogens (tertiary/aromatic N) is 1. The molecule has 1 heterocycles. The number of furan rings is 1. The van der Waals surface area contributed by atoms with Crippen LogP contribution in [-0.2, 0) is 0 Å². The highest BCUT2D eigenvalue weighted by Gasteiger charge is 2.18. The quantitative estimate of drug-likeness (QED) is 0.142. The Kier molecular flexibility index (Phi) is 9.54. The number of rotatable bonds is 8. The third kappa shape index (κ3) is 6.90. The van der Waals surface area contributed by atoms with E-state index in [9.17, 15) is 0 Å². The molecule has 0 N–H and O–H groups in total. The maximum Gasteiger partial charge on any atom is 0.136 e. The van der Waals surface area contributed by atoms with Crippen molar-refractivity contribution in [1.29, 1.82) is 0 Å². The van der Waals surface area contributed by atoms with Gasteiger partial charge in [-0.25, -0.2) is 0 Å². The van der Waals surface area contributed by atoms with E-state index in [-0.39, 0.29) is 0 Å². The van der Waals surface area contributed by atoms with Crippen LogP contribution < -0.4 is 4.90 Å². The van der Waals surface area contributed by atoms with E-state index in [0.717, 1.165) is 61.6 Å². The van der Waals surface area contributed by atoms with Crippen LogP contribution in [-0.4, -0.2) is 0 Å². The van der Waals surface area contributed by atoms with E-state index >= 15 is 0 Å². The Morgan fingerprint density at radius 3 is 1.18 bits per heavy atom. The van der Waals surface area contributed by atoms with Gasteiger partial charge >= 0.3 is 0 Å². The Balaban J connectivity index is 0.914. The van der Waals surface area contributed by atoms with Gasteiger partial charge in [0, 0.05) is 28.0 Å². The largest absolute Gasteiger partial charge is 0.456 e. The minimum Gasteiger partial charge on any atom is -0.456 e. The Morgan fingerprint density at radius 2 is 0.647 bits per heavy atom. The van der Waals surface area contributed by atoms with E-state index in [0.29, 0.717) is 0 Å². The molecule has 0 saturated carbocycles. The van der Waals surface area contributed by atoms with Crippen LogP contribution in [0.4, 0.5) is 17.1 Å². The summed E-state index contributed by atoms with van der Waals surface area (Å²) in [4.78, 5) is 2.37. The summed E-state index contributed by atoms with van der Waals surface area (Å²) in [5.74, 6) is 0.856. The lowest BCUT2D eigenvalue weighted by molar-refractivity contribution is 0.632. The smallest absolute Gasteiger partial charge is 0.136 e. The third-order valence-electron chi connectivity index (χ3n) is 13.7. The fourth-order valence-corrected chi connectivity index (χ4v) is 10.3. The molecule has 0 bridgehead atoms. The van der Waals surface area contributed by atoms with Gasteiger partial charge in [0.2, 0.25) is 0 Å². The fourth-order valence-electron chi connectivity index (χ4n) is 10.3. The molecule has 0 atom stereocenters. The van der Waals surface area contributed by atoms with Crippen molar-refractivity contribution in [2.45, 2.75) is 0 Å². The van der Waals surface area contributed by atoms with Crippen LogP contribution in [0.15, 0.2) is 265 Å². The second-order valence-corrected chi connectivity index (χ2v) is 17.6. The molecule has 1 aromatic heterocycles. The first kappa shape index (κ1) is 39.4. The number of anilines is 3. The first-order valence-electron chi connectivity index (χ1n) is 23.3. The van der Waals surface area contributed by atoms with E-state index in [1.54, 1.807) is 0 Å². The first-order chi connectivity index (χ1) is 33.7. The van der Waals surface area contributed by atoms with Gasteiger partial charge in [-0.2, -0.15) is 0 Å². The summed E-state index contributed by atoms with van der Waals surface area (Å²) in [6.07, 6.45) is 0. The van der Waals surface area contributed by atoms with Crippen LogP contribution in [0.1, 0.15) is 0 Å². The molecule has 0 fully saturated rings. The molecule has 0 aliphatic heterocycles. The normalized spacial score (nSPS) is 11.5. The summed E-state index contributed by atoms with van der Waals surface area (Å²) in [5.41, 5.74) is 14.5. The maximum absolute atomic E-state index is 6.50. The topological polar surface area (TPSA) is 16.4 Å². The summed E-state index contributed by atoms with van der Waals surface area (Å²) in [5, 5.41) is 11.2. The van der Waals surface area contributed by atoms with Crippen molar-refractivity contribution in [2.24, 2.45) is 0 Å².